The Labute approximate surface area is 136 Å². The molecule has 1 N–H and O–H groups in total. The smallest absolute Gasteiger partial charge is 0.255 e. The number of carbonyl (C=O) groups excluding carboxylic acids is 1. The number of hydrogen-bond donors (Lipinski definition) is 1. The summed E-state index contributed by atoms with van der Waals surface area (Å²) in [6.45, 7) is 4.65. The highest BCUT2D eigenvalue weighted by molar-refractivity contribution is 5.97. The van der Waals surface area contributed by atoms with Crippen LogP contribution in [-0.2, 0) is 4.74 Å². The maximum absolute atomic E-state index is 12.6. The lowest BCUT2D eigenvalue weighted by atomic mass is 10.1. The number of fused-ring (bicyclic) bond motifs is 1. The summed E-state index contributed by atoms with van der Waals surface area (Å²) in [6.07, 6.45) is 1.19. The Morgan fingerprint density at radius 3 is 2.87 bits per heavy atom. The highest BCUT2D eigenvalue weighted by atomic mass is 16.5. The highest BCUT2D eigenvalue weighted by Crippen LogP contribution is 2.26. The van der Waals surface area contributed by atoms with Crippen molar-refractivity contribution in [1.29, 1.82) is 0 Å². The van der Waals surface area contributed by atoms with Gasteiger partial charge in [0.2, 0.25) is 0 Å². The molecule has 2 fully saturated rings. The maximum Gasteiger partial charge on any atom is 0.255 e. The molecule has 6 nitrogen and oxygen atoms in total. The van der Waals surface area contributed by atoms with Crippen LogP contribution in [0.15, 0.2) is 18.2 Å². The molecule has 0 saturated carbocycles. The first kappa shape index (κ1) is 16.1. The molecule has 0 aromatic heterocycles. The molecule has 1 aromatic carbocycles. The zero-order chi connectivity index (χ0) is 16.4. The summed E-state index contributed by atoms with van der Waals surface area (Å²) in [7, 11) is 3.15. The van der Waals surface area contributed by atoms with Crippen LogP contribution in [0.25, 0.3) is 0 Å². The number of methoxy groups -OCH3 is 2. The molecule has 0 aliphatic carbocycles. The van der Waals surface area contributed by atoms with Crippen molar-refractivity contribution < 1.29 is 19.0 Å². The Morgan fingerprint density at radius 1 is 1.30 bits per heavy atom. The molecular formula is C17H24N2O4. The number of nitrogens with zero attached hydrogens (tertiary/aromatic N) is 1. The van der Waals surface area contributed by atoms with E-state index in [0.29, 0.717) is 23.1 Å². The number of hydrogen-bond acceptors (Lipinski definition) is 5. The molecule has 0 unspecified atom stereocenters. The van der Waals surface area contributed by atoms with E-state index in [1.807, 2.05) is 0 Å². The van der Waals surface area contributed by atoms with Crippen LogP contribution in [0.2, 0.25) is 0 Å². The van der Waals surface area contributed by atoms with Gasteiger partial charge in [0.15, 0.2) is 0 Å². The number of ether oxygens (including phenoxy) is 3. The number of morpholine rings is 1. The molecular weight excluding hydrogens is 296 g/mol. The van der Waals surface area contributed by atoms with Crippen LogP contribution in [-0.4, -0.2) is 62.9 Å². The van der Waals surface area contributed by atoms with E-state index in [1.54, 1.807) is 32.4 Å². The first-order valence-electron chi connectivity index (χ1n) is 7.99. The second kappa shape index (κ2) is 6.76. The van der Waals surface area contributed by atoms with Gasteiger partial charge in [-0.05, 0) is 25.5 Å². The normalized spacial score (nSPS) is 27.3. The lowest BCUT2D eigenvalue weighted by molar-refractivity contribution is -0.0390. The fourth-order valence-electron chi connectivity index (χ4n) is 3.39. The molecule has 2 aliphatic heterocycles. The Balaban J connectivity index is 1.66. The predicted octanol–water partition coefficient (Wildman–Crippen LogP) is 1.30. The molecule has 0 spiro atoms. The summed E-state index contributed by atoms with van der Waals surface area (Å²) in [6, 6.07) is 5.79. The second-order valence-electron chi connectivity index (χ2n) is 6.22. The minimum absolute atomic E-state index is 0.108. The third kappa shape index (κ3) is 3.43. The van der Waals surface area contributed by atoms with Gasteiger partial charge in [-0.2, -0.15) is 0 Å². The molecule has 3 rings (SSSR count). The lowest BCUT2D eigenvalue weighted by Gasteiger charge is -2.33. The van der Waals surface area contributed by atoms with Crippen molar-refractivity contribution in [1.82, 2.24) is 10.2 Å². The van der Waals surface area contributed by atoms with Crippen LogP contribution in [0.4, 0.5) is 0 Å². The monoisotopic (exact) mass is 320 g/mol. The molecule has 2 heterocycles. The van der Waals surface area contributed by atoms with Gasteiger partial charge in [-0.15, -0.1) is 0 Å². The van der Waals surface area contributed by atoms with Crippen molar-refractivity contribution in [2.24, 2.45) is 0 Å². The molecule has 2 aliphatic rings. The molecule has 23 heavy (non-hydrogen) atoms. The first-order chi connectivity index (χ1) is 11.1. The minimum Gasteiger partial charge on any atom is -0.497 e. The van der Waals surface area contributed by atoms with Gasteiger partial charge in [-0.3, -0.25) is 9.69 Å². The van der Waals surface area contributed by atoms with Gasteiger partial charge in [0, 0.05) is 31.2 Å². The highest BCUT2D eigenvalue weighted by Gasteiger charge is 2.37. The molecule has 1 amide bonds. The van der Waals surface area contributed by atoms with E-state index in [1.165, 1.54) is 0 Å². The zero-order valence-electron chi connectivity index (χ0n) is 13.9. The maximum atomic E-state index is 12.6. The van der Waals surface area contributed by atoms with Crippen LogP contribution < -0.4 is 14.8 Å². The van der Waals surface area contributed by atoms with Crippen LogP contribution in [0, 0.1) is 0 Å². The van der Waals surface area contributed by atoms with E-state index < -0.39 is 0 Å². The average Bonchev–Trinajstić information content (AvgIpc) is 2.95. The fourth-order valence-corrected chi connectivity index (χ4v) is 3.39. The zero-order valence-corrected chi connectivity index (χ0v) is 13.9. The van der Waals surface area contributed by atoms with Gasteiger partial charge in [0.25, 0.3) is 5.91 Å². The molecule has 2 saturated heterocycles. The largest absolute Gasteiger partial charge is 0.497 e. The quantitative estimate of drug-likeness (QED) is 0.906. The third-order valence-corrected chi connectivity index (χ3v) is 4.58. The first-order valence-corrected chi connectivity index (χ1v) is 7.99. The van der Waals surface area contributed by atoms with Crippen LogP contribution in [0.5, 0.6) is 11.5 Å². The van der Waals surface area contributed by atoms with Crippen molar-refractivity contribution in [2.75, 3.05) is 33.9 Å². The van der Waals surface area contributed by atoms with Crippen LogP contribution in [0.1, 0.15) is 23.7 Å². The van der Waals surface area contributed by atoms with Crippen LogP contribution >= 0.6 is 0 Å². The van der Waals surface area contributed by atoms with Gasteiger partial charge in [0.05, 0.1) is 32.5 Å². The Bertz CT molecular complexity index is 578. The van der Waals surface area contributed by atoms with Crippen molar-refractivity contribution in [3.05, 3.63) is 23.8 Å². The molecule has 3 atom stereocenters. The summed E-state index contributed by atoms with van der Waals surface area (Å²) in [4.78, 5) is 15.0. The SMILES string of the molecule is COc1ccc(C(=O)N[C@@H]2C[C@H]3CO[C@@H](C)CN3C2)c(OC)c1. The summed E-state index contributed by atoms with van der Waals surface area (Å²) < 4.78 is 16.2. The van der Waals surface area contributed by atoms with Gasteiger partial charge < -0.3 is 19.5 Å². The van der Waals surface area contributed by atoms with E-state index in [4.69, 9.17) is 14.2 Å². The Morgan fingerprint density at radius 2 is 2.13 bits per heavy atom. The van der Waals surface area contributed by atoms with E-state index in [0.717, 1.165) is 26.1 Å². The van der Waals surface area contributed by atoms with Gasteiger partial charge in [-0.25, -0.2) is 0 Å². The lowest BCUT2D eigenvalue weighted by Crippen LogP contribution is -2.45. The predicted molar refractivity (Wildman–Crippen MR) is 86.2 cm³/mol. The fraction of sp³-hybridized carbons (Fsp3) is 0.588. The molecule has 126 valence electrons. The van der Waals surface area contributed by atoms with Crippen molar-refractivity contribution in [2.45, 2.75) is 31.5 Å². The average molecular weight is 320 g/mol. The summed E-state index contributed by atoms with van der Waals surface area (Å²) in [5, 5.41) is 3.12. The Hall–Kier alpha value is -1.79. The number of amides is 1. The number of nitrogens with one attached hydrogen (secondary N) is 1. The van der Waals surface area contributed by atoms with Crippen LogP contribution in [0.3, 0.4) is 0 Å². The van der Waals surface area contributed by atoms with Gasteiger partial charge in [-0.1, -0.05) is 0 Å². The van der Waals surface area contributed by atoms with Crippen molar-refractivity contribution in [3.63, 3.8) is 0 Å². The van der Waals surface area contributed by atoms with E-state index in [9.17, 15) is 4.79 Å². The van der Waals surface area contributed by atoms with Gasteiger partial charge in [0.1, 0.15) is 11.5 Å². The number of carbonyl (C=O) groups is 1. The standard InChI is InChI=1S/C17H24N2O4/c1-11-8-19-9-12(6-13(19)10-23-11)18-17(20)15-5-4-14(21-2)7-16(15)22-3/h4-5,7,11-13H,6,8-10H2,1-3H3,(H,18,20)/t11-,12+,13-/m0/s1. The summed E-state index contributed by atoms with van der Waals surface area (Å²) >= 11 is 0. The van der Waals surface area contributed by atoms with E-state index in [2.05, 4.69) is 17.1 Å². The Kier molecular flexibility index (Phi) is 4.73. The van der Waals surface area contributed by atoms with Crippen molar-refractivity contribution >= 4 is 5.91 Å². The summed E-state index contributed by atoms with van der Waals surface area (Å²) in [5.41, 5.74) is 0.530. The van der Waals surface area contributed by atoms with Gasteiger partial charge >= 0.3 is 0 Å². The molecule has 0 bridgehead atoms. The minimum atomic E-state index is -0.108. The molecule has 6 heteroatoms. The number of benzene rings is 1. The molecule has 1 aromatic rings. The van der Waals surface area contributed by atoms with E-state index >= 15 is 0 Å². The topological polar surface area (TPSA) is 60.0 Å². The number of rotatable bonds is 4. The summed E-state index contributed by atoms with van der Waals surface area (Å²) in [5.74, 6) is 1.08. The van der Waals surface area contributed by atoms with Crippen molar-refractivity contribution in [3.8, 4) is 11.5 Å². The second-order valence-corrected chi connectivity index (χ2v) is 6.22. The third-order valence-electron chi connectivity index (χ3n) is 4.58. The van der Waals surface area contributed by atoms with E-state index in [-0.39, 0.29) is 18.1 Å². The molecule has 0 radical (unpaired) electrons.